The first kappa shape index (κ1) is 29.6. The number of para-hydroxylation sites is 2. The molecule has 224 valence electrons. The number of likely N-dealkylation sites (tertiary alicyclic amines) is 1. The molecule has 0 saturated carbocycles. The van der Waals surface area contributed by atoms with Crippen molar-refractivity contribution >= 4 is 11.0 Å². The molecule has 12 heteroatoms. The fraction of sp³-hybridized carbons (Fsp3) is 0.367. The summed E-state index contributed by atoms with van der Waals surface area (Å²) in [7, 11) is 0. The number of aromatic nitrogens is 2. The molecule has 1 N–H and O–H groups in total. The van der Waals surface area contributed by atoms with Crippen molar-refractivity contribution < 1.29 is 35.8 Å². The number of rotatable bonds is 9. The highest BCUT2D eigenvalue weighted by Crippen LogP contribution is 2.34. The van der Waals surface area contributed by atoms with Gasteiger partial charge in [-0.3, -0.25) is 4.57 Å². The number of aromatic amines is 1. The predicted octanol–water partition coefficient (Wildman–Crippen LogP) is 7.38. The van der Waals surface area contributed by atoms with Crippen molar-refractivity contribution in [1.29, 1.82) is 0 Å². The molecule has 0 aliphatic carbocycles. The molecule has 0 bridgehead atoms. The van der Waals surface area contributed by atoms with Crippen LogP contribution in [0, 0.1) is 0 Å². The third-order valence-corrected chi connectivity index (χ3v) is 7.55. The first-order chi connectivity index (χ1) is 19.9. The van der Waals surface area contributed by atoms with Crippen LogP contribution >= 0.6 is 0 Å². The van der Waals surface area contributed by atoms with Gasteiger partial charge < -0.3 is 19.4 Å². The zero-order valence-corrected chi connectivity index (χ0v) is 22.4. The highest BCUT2D eigenvalue weighted by molar-refractivity contribution is 5.75. The third-order valence-electron chi connectivity index (χ3n) is 7.55. The number of imidazole rings is 1. The van der Waals surface area contributed by atoms with Crippen LogP contribution in [0.1, 0.15) is 48.8 Å². The van der Waals surface area contributed by atoms with Gasteiger partial charge in [0.05, 0.1) is 11.0 Å². The Bertz CT molecular complexity index is 1460. The monoisotopic (exact) mass is 593 g/mol. The summed E-state index contributed by atoms with van der Waals surface area (Å²) in [6.45, 7) is 2.36. The van der Waals surface area contributed by atoms with E-state index in [2.05, 4.69) is 19.4 Å². The van der Waals surface area contributed by atoms with E-state index in [1.165, 1.54) is 48.5 Å². The van der Waals surface area contributed by atoms with E-state index in [4.69, 9.17) is 0 Å². The van der Waals surface area contributed by atoms with Gasteiger partial charge in [0.1, 0.15) is 11.5 Å². The maximum Gasteiger partial charge on any atom is 0.573 e. The van der Waals surface area contributed by atoms with Crippen LogP contribution in [0.5, 0.6) is 11.5 Å². The third kappa shape index (κ3) is 7.47. The van der Waals surface area contributed by atoms with E-state index < -0.39 is 12.7 Å². The van der Waals surface area contributed by atoms with Crippen molar-refractivity contribution in [1.82, 2.24) is 14.5 Å². The minimum atomic E-state index is -4.81. The Morgan fingerprint density at radius 1 is 0.786 bits per heavy atom. The van der Waals surface area contributed by atoms with E-state index in [0.717, 1.165) is 49.9 Å². The topological polar surface area (TPSA) is 59.5 Å². The maximum atomic E-state index is 12.6. The molecule has 0 atom stereocenters. The summed E-state index contributed by atoms with van der Waals surface area (Å²) < 4.78 is 85.5. The summed E-state index contributed by atoms with van der Waals surface area (Å²) in [5.41, 5.74) is 3.02. The molecule has 4 aromatic rings. The first-order valence-corrected chi connectivity index (χ1v) is 13.6. The van der Waals surface area contributed by atoms with Crippen molar-refractivity contribution in [2.24, 2.45) is 0 Å². The molecule has 1 aliphatic rings. The van der Waals surface area contributed by atoms with Crippen LogP contribution in [0.15, 0.2) is 77.6 Å². The second-order valence-corrected chi connectivity index (χ2v) is 10.3. The Balaban J connectivity index is 1.24. The van der Waals surface area contributed by atoms with Crippen molar-refractivity contribution in [3.63, 3.8) is 0 Å². The van der Waals surface area contributed by atoms with E-state index in [9.17, 15) is 31.1 Å². The summed E-state index contributed by atoms with van der Waals surface area (Å²) in [6, 6.07) is 18.8. The van der Waals surface area contributed by atoms with Crippen LogP contribution in [0.4, 0.5) is 26.3 Å². The van der Waals surface area contributed by atoms with Gasteiger partial charge in [0.2, 0.25) is 0 Å². The van der Waals surface area contributed by atoms with Crippen molar-refractivity contribution in [3.05, 3.63) is 94.4 Å². The molecule has 6 nitrogen and oxygen atoms in total. The number of hydrogen-bond acceptors (Lipinski definition) is 4. The summed E-state index contributed by atoms with van der Waals surface area (Å²) in [5, 5.41) is 0. The van der Waals surface area contributed by atoms with E-state index in [1.807, 2.05) is 28.8 Å². The average molecular weight is 594 g/mol. The lowest BCUT2D eigenvalue weighted by Crippen LogP contribution is -2.37. The smallest absolute Gasteiger partial charge is 0.406 e. The van der Waals surface area contributed by atoms with Crippen LogP contribution in [-0.2, 0) is 0 Å². The highest BCUT2D eigenvalue weighted by Gasteiger charge is 2.32. The van der Waals surface area contributed by atoms with Crippen LogP contribution in [0.3, 0.4) is 0 Å². The fourth-order valence-electron chi connectivity index (χ4n) is 5.69. The van der Waals surface area contributed by atoms with E-state index >= 15 is 0 Å². The Labute approximate surface area is 237 Å². The number of nitrogens with one attached hydrogen (secondary N) is 1. The minimum Gasteiger partial charge on any atom is -0.406 e. The molecule has 2 heterocycles. The van der Waals surface area contributed by atoms with E-state index in [1.54, 1.807) is 0 Å². The molecule has 0 unspecified atom stereocenters. The van der Waals surface area contributed by atoms with Gasteiger partial charge >= 0.3 is 18.4 Å². The number of benzene rings is 3. The van der Waals surface area contributed by atoms with Gasteiger partial charge in [0.15, 0.2) is 0 Å². The fourth-order valence-corrected chi connectivity index (χ4v) is 5.69. The average Bonchev–Trinajstić information content (AvgIpc) is 3.27. The van der Waals surface area contributed by atoms with Crippen LogP contribution in [0.2, 0.25) is 0 Å². The van der Waals surface area contributed by atoms with E-state index in [-0.39, 0.29) is 29.1 Å². The Morgan fingerprint density at radius 3 is 1.83 bits per heavy atom. The molecule has 42 heavy (non-hydrogen) atoms. The number of halogens is 6. The van der Waals surface area contributed by atoms with Crippen LogP contribution < -0.4 is 15.2 Å². The van der Waals surface area contributed by atoms with Gasteiger partial charge in [-0.25, -0.2) is 4.79 Å². The molecule has 5 rings (SSSR count). The standard InChI is InChI=1S/C30H29F6N3O3/c31-29(32,33)41-23-11-7-20(8-12-23)25(21-9-13-24(14-10-21)42-30(34,35)36)4-3-17-38-18-15-22(16-19-38)39-27-6-2-1-5-26(27)37-28(39)40/h1-2,5-14,22,25H,3-4,15-19H2,(H,37,40). The van der Waals surface area contributed by atoms with Crippen molar-refractivity contribution in [2.75, 3.05) is 19.6 Å². The van der Waals surface area contributed by atoms with Gasteiger partial charge in [-0.1, -0.05) is 36.4 Å². The molecular weight excluding hydrogens is 564 g/mol. The first-order valence-electron chi connectivity index (χ1n) is 13.6. The zero-order valence-electron chi connectivity index (χ0n) is 22.4. The highest BCUT2D eigenvalue weighted by atomic mass is 19.4. The summed E-state index contributed by atoms with van der Waals surface area (Å²) in [5.74, 6) is -0.973. The molecule has 0 spiro atoms. The largest absolute Gasteiger partial charge is 0.573 e. The number of piperidine rings is 1. The maximum absolute atomic E-state index is 12.6. The SMILES string of the molecule is O=c1[nH]c2ccccc2n1C1CCN(CCCC(c2ccc(OC(F)(F)F)cc2)c2ccc(OC(F)(F)F)cc2)CC1. The number of alkyl halides is 6. The summed E-state index contributed by atoms with van der Waals surface area (Å²) in [6.07, 6.45) is -6.65. The summed E-state index contributed by atoms with van der Waals surface area (Å²) >= 11 is 0. The normalized spacial score (nSPS) is 15.4. The molecule has 0 amide bonds. The second-order valence-electron chi connectivity index (χ2n) is 10.3. The number of nitrogens with zero attached hydrogens (tertiary/aromatic N) is 2. The number of H-pyrrole nitrogens is 1. The quantitative estimate of drug-likeness (QED) is 0.206. The van der Waals surface area contributed by atoms with Crippen LogP contribution in [-0.4, -0.2) is 46.8 Å². The van der Waals surface area contributed by atoms with Crippen LogP contribution in [0.25, 0.3) is 11.0 Å². The van der Waals surface area contributed by atoms with Gasteiger partial charge in [0.25, 0.3) is 0 Å². The van der Waals surface area contributed by atoms with Crippen molar-refractivity contribution in [2.45, 2.75) is 50.4 Å². The predicted molar refractivity (Wildman–Crippen MR) is 145 cm³/mol. The van der Waals surface area contributed by atoms with E-state index in [0.29, 0.717) is 17.5 Å². The molecular formula is C30H29F6N3O3. The molecule has 1 aromatic heterocycles. The van der Waals surface area contributed by atoms with Gasteiger partial charge in [-0.05, 0) is 79.8 Å². The molecule has 1 fully saturated rings. The number of hydrogen-bond donors (Lipinski definition) is 1. The zero-order chi connectivity index (χ0) is 29.9. The molecule has 1 saturated heterocycles. The Morgan fingerprint density at radius 2 is 1.31 bits per heavy atom. The van der Waals surface area contributed by atoms with Gasteiger partial charge in [-0.2, -0.15) is 0 Å². The van der Waals surface area contributed by atoms with Gasteiger partial charge in [-0.15, -0.1) is 26.3 Å². The lowest BCUT2D eigenvalue weighted by Gasteiger charge is -2.33. The van der Waals surface area contributed by atoms with Gasteiger partial charge in [0, 0.05) is 25.0 Å². The lowest BCUT2D eigenvalue weighted by atomic mass is 9.87. The molecule has 1 aliphatic heterocycles. The number of ether oxygens (including phenoxy) is 2. The molecule has 3 aromatic carbocycles. The second kappa shape index (κ2) is 12.1. The molecule has 0 radical (unpaired) electrons. The number of fused-ring (bicyclic) bond motifs is 1. The Hall–Kier alpha value is -3.93. The van der Waals surface area contributed by atoms with Crippen molar-refractivity contribution in [3.8, 4) is 11.5 Å². The summed E-state index contributed by atoms with van der Waals surface area (Å²) in [4.78, 5) is 17.8. The Kier molecular flexibility index (Phi) is 8.53. The minimum absolute atomic E-state index is 0.0903. The lowest BCUT2D eigenvalue weighted by molar-refractivity contribution is -0.275.